The molecule has 4 unspecified atom stereocenters. The summed E-state index contributed by atoms with van der Waals surface area (Å²) in [4.78, 5) is 12.0. The number of hydrogen-bond acceptors (Lipinski definition) is 5. The van der Waals surface area contributed by atoms with E-state index in [0.29, 0.717) is 19.1 Å². The third kappa shape index (κ3) is 5.73. The molecule has 0 aromatic rings. The van der Waals surface area contributed by atoms with Gasteiger partial charge in [0.25, 0.3) is 0 Å². The molecule has 0 spiro atoms. The molecule has 2 fully saturated rings. The molecule has 0 radical (unpaired) electrons. The molecule has 1 aliphatic carbocycles. The van der Waals surface area contributed by atoms with Gasteiger partial charge in [0, 0.05) is 12.5 Å². The summed E-state index contributed by atoms with van der Waals surface area (Å²) in [6.07, 6.45) is 5.91. The molecule has 0 aromatic heterocycles. The first kappa shape index (κ1) is 18.7. The molecule has 0 bridgehead atoms. The highest BCUT2D eigenvalue weighted by Crippen LogP contribution is 2.33. The Balaban J connectivity index is 2.08. The van der Waals surface area contributed by atoms with Crippen LogP contribution in [0.15, 0.2) is 0 Å². The van der Waals surface area contributed by atoms with E-state index < -0.39 is 12.0 Å². The fourth-order valence-corrected chi connectivity index (χ4v) is 3.68. The molecule has 2 N–H and O–H groups in total. The maximum atomic E-state index is 12.0. The van der Waals surface area contributed by atoms with Gasteiger partial charge < -0.3 is 19.9 Å². The lowest BCUT2D eigenvalue weighted by Gasteiger charge is -2.32. The summed E-state index contributed by atoms with van der Waals surface area (Å²) in [7, 11) is 0. The predicted molar refractivity (Wildman–Crippen MR) is 89.0 cm³/mol. The molecule has 23 heavy (non-hydrogen) atoms. The summed E-state index contributed by atoms with van der Waals surface area (Å²) < 4.78 is 17.4. The lowest BCUT2D eigenvalue weighted by Crippen LogP contribution is -2.42. The van der Waals surface area contributed by atoms with E-state index in [1.54, 1.807) is 0 Å². The average molecular weight is 327 g/mol. The zero-order valence-corrected chi connectivity index (χ0v) is 14.8. The fourth-order valence-electron chi connectivity index (χ4n) is 3.68. The van der Waals surface area contributed by atoms with Crippen LogP contribution < -0.4 is 5.73 Å². The Morgan fingerprint density at radius 1 is 1.26 bits per heavy atom. The molecule has 1 saturated carbocycles. The van der Waals surface area contributed by atoms with Gasteiger partial charge in [-0.3, -0.25) is 4.79 Å². The second-order valence-corrected chi connectivity index (χ2v) is 7.62. The van der Waals surface area contributed by atoms with Gasteiger partial charge in [-0.25, -0.2) is 0 Å². The van der Waals surface area contributed by atoms with Crippen molar-refractivity contribution in [2.75, 3.05) is 19.8 Å². The van der Waals surface area contributed by atoms with E-state index in [1.807, 2.05) is 6.92 Å². The van der Waals surface area contributed by atoms with E-state index in [2.05, 4.69) is 13.8 Å². The zero-order valence-electron chi connectivity index (χ0n) is 14.8. The number of rotatable bonds is 5. The molecule has 5 nitrogen and oxygen atoms in total. The Labute approximate surface area is 140 Å². The summed E-state index contributed by atoms with van der Waals surface area (Å²) in [5.41, 5.74) is 5.82. The first-order valence-corrected chi connectivity index (χ1v) is 9.12. The van der Waals surface area contributed by atoms with Gasteiger partial charge in [0.2, 0.25) is 0 Å². The Bertz CT molecular complexity index is 368. The Kier molecular flexibility index (Phi) is 7.31. The molecule has 1 saturated heterocycles. The Morgan fingerprint density at radius 3 is 2.61 bits per heavy atom. The predicted octanol–water partition coefficient (Wildman–Crippen LogP) is 2.51. The van der Waals surface area contributed by atoms with Crippen LogP contribution >= 0.6 is 0 Å². The lowest BCUT2D eigenvalue weighted by molar-refractivity contribution is -0.160. The van der Waals surface area contributed by atoms with E-state index in [4.69, 9.17) is 19.9 Å². The minimum absolute atomic E-state index is 0.118. The van der Waals surface area contributed by atoms with Crippen molar-refractivity contribution in [1.82, 2.24) is 0 Å². The SMILES string of the molecule is CC(C)COC1C(CC2CCCC2)COCC(N)C(=O)OC1C. The largest absolute Gasteiger partial charge is 0.459 e. The second-order valence-electron chi connectivity index (χ2n) is 7.62. The van der Waals surface area contributed by atoms with Gasteiger partial charge in [-0.05, 0) is 25.2 Å². The first-order chi connectivity index (χ1) is 11.0. The highest BCUT2D eigenvalue weighted by Gasteiger charge is 2.35. The quantitative estimate of drug-likeness (QED) is 0.786. The molecule has 4 atom stereocenters. The van der Waals surface area contributed by atoms with Gasteiger partial charge in [-0.15, -0.1) is 0 Å². The standard InChI is InChI=1S/C18H33NO4/c1-12(2)9-22-17-13(3)23-18(20)16(19)11-21-10-15(17)8-14-6-4-5-7-14/h12-17H,4-11,19H2,1-3H3. The average Bonchev–Trinajstić information content (AvgIpc) is 2.99. The van der Waals surface area contributed by atoms with Crippen LogP contribution in [-0.2, 0) is 19.0 Å². The topological polar surface area (TPSA) is 70.8 Å². The number of esters is 1. The number of carbonyl (C=O) groups is 1. The van der Waals surface area contributed by atoms with Crippen LogP contribution in [0.4, 0.5) is 0 Å². The van der Waals surface area contributed by atoms with Crippen LogP contribution in [-0.4, -0.2) is 44.0 Å². The van der Waals surface area contributed by atoms with Crippen LogP contribution in [0.25, 0.3) is 0 Å². The summed E-state index contributed by atoms with van der Waals surface area (Å²) in [6.45, 7) is 7.66. The summed E-state index contributed by atoms with van der Waals surface area (Å²) in [5.74, 6) is 1.05. The maximum Gasteiger partial charge on any atom is 0.325 e. The van der Waals surface area contributed by atoms with E-state index >= 15 is 0 Å². The van der Waals surface area contributed by atoms with Crippen LogP contribution in [0.1, 0.15) is 52.9 Å². The van der Waals surface area contributed by atoms with Crippen molar-refractivity contribution in [3.8, 4) is 0 Å². The second kappa shape index (κ2) is 9.00. The zero-order chi connectivity index (χ0) is 16.8. The Hall–Kier alpha value is -0.650. The van der Waals surface area contributed by atoms with Crippen LogP contribution in [0, 0.1) is 17.8 Å². The number of hydrogen-bond donors (Lipinski definition) is 1. The molecule has 1 aliphatic heterocycles. The lowest BCUT2D eigenvalue weighted by atomic mass is 9.87. The van der Waals surface area contributed by atoms with Crippen molar-refractivity contribution in [2.24, 2.45) is 23.5 Å². The molecule has 1 heterocycles. The summed E-state index contributed by atoms with van der Waals surface area (Å²) >= 11 is 0. The van der Waals surface area contributed by atoms with E-state index in [-0.39, 0.29) is 24.7 Å². The highest BCUT2D eigenvalue weighted by molar-refractivity contribution is 5.75. The molecule has 134 valence electrons. The minimum Gasteiger partial charge on any atom is -0.459 e. The van der Waals surface area contributed by atoms with Gasteiger partial charge >= 0.3 is 5.97 Å². The monoisotopic (exact) mass is 327 g/mol. The van der Waals surface area contributed by atoms with Crippen molar-refractivity contribution in [3.63, 3.8) is 0 Å². The van der Waals surface area contributed by atoms with E-state index in [9.17, 15) is 4.79 Å². The summed E-state index contributed by atoms with van der Waals surface area (Å²) in [5, 5.41) is 0. The van der Waals surface area contributed by atoms with Crippen LogP contribution in [0.2, 0.25) is 0 Å². The maximum absolute atomic E-state index is 12.0. The van der Waals surface area contributed by atoms with Crippen LogP contribution in [0.5, 0.6) is 0 Å². The van der Waals surface area contributed by atoms with Crippen molar-refractivity contribution in [2.45, 2.75) is 71.1 Å². The van der Waals surface area contributed by atoms with Gasteiger partial charge in [0.15, 0.2) is 0 Å². The number of carbonyl (C=O) groups excluding carboxylic acids is 1. The smallest absolute Gasteiger partial charge is 0.325 e. The fraction of sp³-hybridized carbons (Fsp3) is 0.944. The molecule has 2 aliphatic rings. The molecular weight excluding hydrogens is 294 g/mol. The van der Waals surface area contributed by atoms with Crippen molar-refractivity contribution in [1.29, 1.82) is 0 Å². The minimum atomic E-state index is -0.701. The molecule has 2 rings (SSSR count). The van der Waals surface area contributed by atoms with Gasteiger partial charge in [0.05, 0.1) is 19.3 Å². The normalized spacial score (nSPS) is 34.0. The molecule has 5 heteroatoms. The molecular formula is C18H33NO4. The van der Waals surface area contributed by atoms with E-state index in [0.717, 1.165) is 12.3 Å². The Morgan fingerprint density at radius 2 is 1.96 bits per heavy atom. The van der Waals surface area contributed by atoms with Gasteiger partial charge in [-0.2, -0.15) is 0 Å². The third-order valence-electron chi connectivity index (χ3n) is 4.89. The first-order valence-electron chi connectivity index (χ1n) is 9.12. The van der Waals surface area contributed by atoms with Crippen molar-refractivity contribution < 1.29 is 19.0 Å². The summed E-state index contributed by atoms with van der Waals surface area (Å²) in [6, 6.07) is -0.701. The number of cyclic esters (lactones) is 1. The van der Waals surface area contributed by atoms with Crippen molar-refractivity contribution in [3.05, 3.63) is 0 Å². The highest BCUT2D eigenvalue weighted by atomic mass is 16.6. The molecule has 0 aromatic carbocycles. The number of ether oxygens (including phenoxy) is 3. The number of nitrogens with two attached hydrogens (primary N) is 1. The van der Waals surface area contributed by atoms with Crippen LogP contribution in [0.3, 0.4) is 0 Å². The van der Waals surface area contributed by atoms with Gasteiger partial charge in [0.1, 0.15) is 12.1 Å². The van der Waals surface area contributed by atoms with E-state index in [1.165, 1.54) is 25.7 Å². The third-order valence-corrected chi connectivity index (χ3v) is 4.89. The molecule has 0 amide bonds. The van der Waals surface area contributed by atoms with Crippen molar-refractivity contribution >= 4 is 5.97 Å². The van der Waals surface area contributed by atoms with Gasteiger partial charge in [-0.1, -0.05) is 39.5 Å².